The molecule has 0 bridgehead atoms. The van der Waals surface area contributed by atoms with E-state index in [1.165, 1.54) is 12.1 Å². The Morgan fingerprint density at radius 1 is 1.35 bits per heavy atom. The first-order valence-electron chi connectivity index (χ1n) is 5.25. The van der Waals surface area contributed by atoms with Crippen LogP contribution in [0.15, 0.2) is 23.2 Å². The van der Waals surface area contributed by atoms with Crippen molar-refractivity contribution in [1.82, 2.24) is 0 Å². The molecule has 1 aromatic rings. The van der Waals surface area contributed by atoms with Crippen molar-refractivity contribution in [3.63, 3.8) is 0 Å². The summed E-state index contributed by atoms with van der Waals surface area (Å²) in [6, 6.07) is 3.56. The van der Waals surface area contributed by atoms with Crippen molar-refractivity contribution in [3.05, 3.63) is 23.8 Å². The van der Waals surface area contributed by atoms with Crippen molar-refractivity contribution < 1.29 is 22.7 Å². The van der Waals surface area contributed by atoms with Gasteiger partial charge in [0.2, 0.25) is 5.91 Å². The molecule has 110 valence electrons. The lowest BCUT2D eigenvalue weighted by Crippen LogP contribution is -2.19. The van der Waals surface area contributed by atoms with Crippen molar-refractivity contribution in [1.29, 1.82) is 0 Å². The second-order valence-corrected chi connectivity index (χ2v) is 3.95. The number of carbonyl (C=O) groups is 1. The average molecular weight is 310 g/mol. The molecule has 0 aromatic heterocycles. The van der Waals surface area contributed by atoms with E-state index >= 15 is 0 Å². The number of hydrogen-bond donors (Lipinski definition) is 2. The SMILES string of the molecule is NC(=O)c1ccc(OCC(F)(F)F)c(N=C(N)CCl)c1. The third kappa shape index (κ3) is 4.96. The highest BCUT2D eigenvalue weighted by molar-refractivity contribution is 6.28. The topological polar surface area (TPSA) is 90.7 Å². The van der Waals surface area contributed by atoms with Crippen LogP contribution in [0.1, 0.15) is 10.4 Å². The van der Waals surface area contributed by atoms with Crippen molar-refractivity contribution in [2.24, 2.45) is 16.5 Å². The van der Waals surface area contributed by atoms with Crippen LogP contribution in [0, 0.1) is 0 Å². The molecule has 1 amide bonds. The van der Waals surface area contributed by atoms with Crippen molar-refractivity contribution in [3.8, 4) is 5.75 Å². The zero-order chi connectivity index (χ0) is 15.3. The predicted octanol–water partition coefficient (Wildman–Crippen LogP) is 1.95. The molecule has 0 radical (unpaired) electrons. The summed E-state index contributed by atoms with van der Waals surface area (Å²) in [5.74, 6) is -1.10. The minimum absolute atomic E-state index is 0.0369. The maximum atomic E-state index is 12.1. The van der Waals surface area contributed by atoms with Gasteiger partial charge in [-0.3, -0.25) is 4.79 Å². The maximum absolute atomic E-state index is 12.1. The molecule has 0 spiro atoms. The number of alkyl halides is 4. The first-order chi connectivity index (χ1) is 9.23. The van der Waals surface area contributed by atoms with Crippen LogP contribution >= 0.6 is 11.6 Å². The Morgan fingerprint density at radius 3 is 2.50 bits per heavy atom. The summed E-state index contributed by atoms with van der Waals surface area (Å²) in [6.45, 7) is -1.49. The van der Waals surface area contributed by atoms with E-state index < -0.39 is 18.7 Å². The summed E-state index contributed by atoms with van der Waals surface area (Å²) in [5.41, 5.74) is 10.5. The molecule has 0 unspecified atom stereocenters. The molecule has 4 N–H and O–H groups in total. The standard InChI is InChI=1S/C11H11ClF3N3O2/c12-4-9(16)18-7-3-6(10(17)19)1-2-8(7)20-5-11(13,14)15/h1-3H,4-5H2,(H2,16,18)(H2,17,19). The molecule has 0 aliphatic carbocycles. The van der Waals surface area contributed by atoms with Gasteiger partial charge in [-0.25, -0.2) is 4.99 Å². The highest BCUT2D eigenvalue weighted by Crippen LogP contribution is 2.30. The first kappa shape index (κ1) is 16.1. The van der Waals surface area contributed by atoms with Crippen LogP contribution in [0.4, 0.5) is 18.9 Å². The number of primary amides is 1. The lowest BCUT2D eigenvalue weighted by molar-refractivity contribution is -0.153. The van der Waals surface area contributed by atoms with Gasteiger partial charge in [0.25, 0.3) is 0 Å². The molecule has 0 aliphatic rings. The normalized spacial score (nSPS) is 12.3. The van der Waals surface area contributed by atoms with Crippen molar-refractivity contribution in [2.45, 2.75) is 6.18 Å². The molecule has 20 heavy (non-hydrogen) atoms. The molecular formula is C11H11ClF3N3O2. The summed E-state index contributed by atoms with van der Waals surface area (Å²) >= 11 is 5.44. The highest BCUT2D eigenvalue weighted by Gasteiger charge is 2.29. The number of aliphatic imine (C=N–C) groups is 1. The minimum atomic E-state index is -4.50. The van der Waals surface area contributed by atoms with Crippen LogP contribution < -0.4 is 16.2 Å². The van der Waals surface area contributed by atoms with Gasteiger partial charge in [0, 0.05) is 5.56 Å². The van der Waals surface area contributed by atoms with Gasteiger partial charge in [0.15, 0.2) is 6.61 Å². The Hall–Kier alpha value is -1.96. The van der Waals surface area contributed by atoms with Crippen molar-refractivity contribution in [2.75, 3.05) is 12.5 Å². The fourth-order valence-electron chi connectivity index (χ4n) is 1.22. The lowest BCUT2D eigenvalue weighted by Gasteiger charge is -2.12. The number of nitrogens with two attached hydrogens (primary N) is 2. The summed E-state index contributed by atoms with van der Waals surface area (Å²) < 4.78 is 41.0. The Morgan fingerprint density at radius 2 is 2.00 bits per heavy atom. The molecule has 0 fully saturated rings. The quantitative estimate of drug-likeness (QED) is 0.495. The van der Waals surface area contributed by atoms with Gasteiger partial charge >= 0.3 is 6.18 Å². The van der Waals surface area contributed by atoms with Gasteiger partial charge in [-0.2, -0.15) is 13.2 Å². The second kappa shape index (κ2) is 6.47. The molecule has 1 aromatic carbocycles. The molecule has 9 heteroatoms. The van der Waals surface area contributed by atoms with Crippen molar-refractivity contribution >= 4 is 29.0 Å². The summed E-state index contributed by atoms with van der Waals surface area (Å²) in [6.07, 6.45) is -4.50. The molecule has 0 atom stereocenters. The first-order valence-corrected chi connectivity index (χ1v) is 5.79. The molecule has 0 aliphatic heterocycles. The summed E-state index contributed by atoms with van der Waals surface area (Å²) in [4.78, 5) is 14.8. The molecular weight excluding hydrogens is 299 g/mol. The van der Waals surface area contributed by atoms with Gasteiger partial charge in [0.05, 0.1) is 5.88 Å². The van der Waals surface area contributed by atoms with Crippen LogP contribution in [0.2, 0.25) is 0 Å². The smallest absolute Gasteiger partial charge is 0.422 e. The Labute approximate surface area is 117 Å². The molecule has 0 saturated carbocycles. The predicted molar refractivity (Wildman–Crippen MR) is 68.5 cm³/mol. The number of halogens is 4. The van der Waals surface area contributed by atoms with E-state index in [1.54, 1.807) is 0 Å². The summed E-state index contributed by atoms with van der Waals surface area (Å²) in [5, 5.41) is 0. The van der Waals surface area contributed by atoms with Gasteiger partial charge in [-0.1, -0.05) is 0 Å². The number of carbonyl (C=O) groups excluding carboxylic acids is 1. The molecule has 5 nitrogen and oxygen atoms in total. The number of rotatable bonds is 5. The van der Waals surface area contributed by atoms with Gasteiger partial charge in [0.1, 0.15) is 17.3 Å². The number of ether oxygens (including phenoxy) is 1. The van der Waals surface area contributed by atoms with Crippen LogP contribution in [-0.2, 0) is 0 Å². The number of benzene rings is 1. The van der Waals surface area contributed by atoms with E-state index in [0.29, 0.717) is 0 Å². The Kier molecular flexibility index (Phi) is 5.20. The van der Waals surface area contributed by atoms with Crippen LogP contribution in [0.3, 0.4) is 0 Å². The van der Waals surface area contributed by atoms with E-state index in [-0.39, 0.29) is 28.7 Å². The zero-order valence-corrected chi connectivity index (χ0v) is 10.8. The molecule has 0 saturated heterocycles. The van der Waals surface area contributed by atoms with Gasteiger partial charge in [-0.15, -0.1) is 11.6 Å². The van der Waals surface area contributed by atoms with E-state index in [1.807, 2.05) is 0 Å². The maximum Gasteiger partial charge on any atom is 0.422 e. The van der Waals surface area contributed by atoms with E-state index in [2.05, 4.69) is 9.73 Å². The van der Waals surface area contributed by atoms with E-state index in [9.17, 15) is 18.0 Å². The fraction of sp³-hybridized carbons (Fsp3) is 0.273. The zero-order valence-electron chi connectivity index (χ0n) is 10.1. The third-order valence-electron chi connectivity index (χ3n) is 2.04. The minimum Gasteiger partial charge on any atom is -0.482 e. The lowest BCUT2D eigenvalue weighted by atomic mass is 10.2. The fourth-order valence-corrected chi connectivity index (χ4v) is 1.28. The van der Waals surface area contributed by atoms with Gasteiger partial charge < -0.3 is 16.2 Å². The summed E-state index contributed by atoms with van der Waals surface area (Å²) in [7, 11) is 0. The number of hydrogen-bond acceptors (Lipinski definition) is 3. The number of amides is 1. The van der Waals surface area contributed by atoms with E-state index in [4.69, 9.17) is 23.1 Å². The Balaban J connectivity index is 3.12. The van der Waals surface area contributed by atoms with E-state index in [0.717, 1.165) is 6.07 Å². The monoisotopic (exact) mass is 309 g/mol. The number of nitrogens with zero attached hydrogens (tertiary/aromatic N) is 1. The van der Waals surface area contributed by atoms with Crippen LogP contribution in [0.25, 0.3) is 0 Å². The Bertz CT molecular complexity index is 532. The van der Waals surface area contributed by atoms with Crippen LogP contribution in [0.5, 0.6) is 5.75 Å². The second-order valence-electron chi connectivity index (χ2n) is 3.69. The molecule has 0 heterocycles. The van der Waals surface area contributed by atoms with Crippen LogP contribution in [-0.4, -0.2) is 30.4 Å². The number of amidine groups is 1. The van der Waals surface area contributed by atoms with Gasteiger partial charge in [-0.05, 0) is 18.2 Å². The highest BCUT2D eigenvalue weighted by atomic mass is 35.5. The molecule has 1 rings (SSSR count). The largest absolute Gasteiger partial charge is 0.482 e. The average Bonchev–Trinajstić information content (AvgIpc) is 2.35. The third-order valence-corrected chi connectivity index (χ3v) is 2.31.